The van der Waals surface area contributed by atoms with Gasteiger partial charge in [0.15, 0.2) is 5.82 Å². The van der Waals surface area contributed by atoms with E-state index in [9.17, 15) is 0 Å². The van der Waals surface area contributed by atoms with Gasteiger partial charge in [0, 0.05) is 16.8 Å². The van der Waals surface area contributed by atoms with Gasteiger partial charge in [-0.15, -0.1) is 22.7 Å². The van der Waals surface area contributed by atoms with Gasteiger partial charge in [0.1, 0.15) is 16.3 Å². The summed E-state index contributed by atoms with van der Waals surface area (Å²) in [5.41, 5.74) is 4.17. The summed E-state index contributed by atoms with van der Waals surface area (Å²) >= 11 is 3.41. The first-order valence-electron chi connectivity index (χ1n) is 7.31. The van der Waals surface area contributed by atoms with Gasteiger partial charge in [-0.1, -0.05) is 6.92 Å². The minimum atomic E-state index is 0.738. The van der Waals surface area contributed by atoms with Crippen LogP contribution in [0.2, 0.25) is 0 Å². The van der Waals surface area contributed by atoms with Crippen LogP contribution in [-0.4, -0.2) is 21.5 Å². The van der Waals surface area contributed by atoms with E-state index in [1.807, 2.05) is 22.2 Å². The third-order valence-corrected chi connectivity index (χ3v) is 5.54. The van der Waals surface area contributed by atoms with E-state index in [0.29, 0.717) is 0 Å². The molecule has 4 rings (SSSR count). The van der Waals surface area contributed by atoms with E-state index in [1.165, 1.54) is 28.7 Å². The molecule has 1 aliphatic rings. The Kier molecular flexibility index (Phi) is 3.35. The highest BCUT2D eigenvalue weighted by molar-refractivity contribution is 7.19. The molecule has 3 aromatic heterocycles. The third-order valence-electron chi connectivity index (χ3n) is 3.77. The molecule has 0 radical (unpaired) electrons. The van der Waals surface area contributed by atoms with Crippen molar-refractivity contribution in [3.8, 4) is 11.5 Å². The van der Waals surface area contributed by atoms with Gasteiger partial charge in [-0.2, -0.15) is 0 Å². The standard InChI is InChI=1S/C15H16N4S2/c1-2-6-16-14-12-9-4-3-5-11(9)21-15(12)19-13(18-14)10-7-20-8-17-10/h7-8H,2-6H2,1H3,(H,16,18,19). The van der Waals surface area contributed by atoms with Gasteiger partial charge in [-0.3, -0.25) is 0 Å². The average molecular weight is 316 g/mol. The Hall–Kier alpha value is -1.53. The lowest BCUT2D eigenvalue weighted by atomic mass is 10.2. The molecule has 0 bridgehead atoms. The molecular weight excluding hydrogens is 300 g/mol. The smallest absolute Gasteiger partial charge is 0.182 e. The Bertz CT molecular complexity index is 777. The van der Waals surface area contributed by atoms with E-state index in [2.05, 4.69) is 17.2 Å². The summed E-state index contributed by atoms with van der Waals surface area (Å²) in [6.45, 7) is 3.11. The maximum atomic E-state index is 4.76. The molecule has 0 unspecified atom stereocenters. The van der Waals surface area contributed by atoms with Crippen molar-refractivity contribution in [1.82, 2.24) is 15.0 Å². The second-order valence-corrected chi connectivity index (χ2v) is 7.04. The molecule has 0 aliphatic heterocycles. The fraction of sp³-hybridized carbons (Fsp3) is 0.400. The SMILES string of the molecule is CCCNc1nc(-c2cscn2)nc2sc3c(c12)CCC3. The predicted octanol–water partition coefficient (Wildman–Crippen LogP) is 4.13. The number of nitrogens with one attached hydrogen (secondary N) is 1. The summed E-state index contributed by atoms with van der Waals surface area (Å²) < 4.78 is 0. The second-order valence-electron chi connectivity index (χ2n) is 5.23. The lowest BCUT2D eigenvalue weighted by Crippen LogP contribution is -2.04. The lowest BCUT2D eigenvalue weighted by molar-refractivity contribution is 0.916. The predicted molar refractivity (Wildman–Crippen MR) is 89.3 cm³/mol. The Balaban J connectivity index is 1.91. The average Bonchev–Trinajstić information content (AvgIpc) is 3.19. The van der Waals surface area contributed by atoms with Crippen LogP contribution in [0.15, 0.2) is 10.9 Å². The van der Waals surface area contributed by atoms with Crippen LogP contribution in [0.5, 0.6) is 0 Å². The van der Waals surface area contributed by atoms with Crippen LogP contribution >= 0.6 is 22.7 Å². The molecule has 0 atom stereocenters. The number of fused-ring (bicyclic) bond motifs is 3. The molecule has 0 fully saturated rings. The first-order valence-corrected chi connectivity index (χ1v) is 9.07. The number of anilines is 1. The molecule has 3 aromatic rings. The van der Waals surface area contributed by atoms with Gasteiger partial charge in [0.25, 0.3) is 0 Å². The Morgan fingerprint density at radius 2 is 2.24 bits per heavy atom. The van der Waals surface area contributed by atoms with E-state index in [1.54, 1.807) is 11.3 Å². The highest BCUT2D eigenvalue weighted by atomic mass is 32.1. The van der Waals surface area contributed by atoms with E-state index in [4.69, 9.17) is 9.97 Å². The molecule has 21 heavy (non-hydrogen) atoms. The molecule has 6 heteroatoms. The van der Waals surface area contributed by atoms with Gasteiger partial charge < -0.3 is 5.32 Å². The van der Waals surface area contributed by atoms with Crippen molar-refractivity contribution in [1.29, 1.82) is 0 Å². The molecule has 4 nitrogen and oxygen atoms in total. The lowest BCUT2D eigenvalue weighted by Gasteiger charge is -2.08. The number of rotatable bonds is 4. The maximum absolute atomic E-state index is 4.76. The third kappa shape index (κ3) is 2.22. The largest absolute Gasteiger partial charge is 0.369 e. The maximum Gasteiger partial charge on any atom is 0.182 e. The molecule has 0 amide bonds. The van der Waals surface area contributed by atoms with Crippen LogP contribution in [0.4, 0.5) is 5.82 Å². The fourth-order valence-electron chi connectivity index (χ4n) is 2.80. The van der Waals surface area contributed by atoms with Gasteiger partial charge in [-0.25, -0.2) is 15.0 Å². The van der Waals surface area contributed by atoms with Crippen LogP contribution in [0.25, 0.3) is 21.7 Å². The van der Waals surface area contributed by atoms with Crippen molar-refractivity contribution in [2.75, 3.05) is 11.9 Å². The number of hydrogen-bond acceptors (Lipinski definition) is 6. The van der Waals surface area contributed by atoms with Gasteiger partial charge >= 0.3 is 0 Å². The van der Waals surface area contributed by atoms with E-state index < -0.39 is 0 Å². The molecular formula is C15H16N4S2. The van der Waals surface area contributed by atoms with Crippen molar-refractivity contribution in [2.24, 2.45) is 0 Å². The van der Waals surface area contributed by atoms with Crippen LogP contribution in [0, 0.1) is 0 Å². The van der Waals surface area contributed by atoms with Crippen molar-refractivity contribution in [3.05, 3.63) is 21.3 Å². The monoisotopic (exact) mass is 316 g/mol. The molecule has 108 valence electrons. The summed E-state index contributed by atoms with van der Waals surface area (Å²) in [6.07, 6.45) is 4.70. The number of aromatic nitrogens is 3. The highest BCUT2D eigenvalue weighted by Crippen LogP contribution is 2.40. The summed E-state index contributed by atoms with van der Waals surface area (Å²) in [5.74, 6) is 1.73. The number of aryl methyl sites for hydroxylation is 2. The molecule has 0 aromatic carbocycles. The topological polar surface area (TPSA) is 50.7 Å². The van der Waals surface area contributed by atoms with Crippen LogP contribution in [0.3, 0.4) is 0 Å². The molecule has 1 N–H and O–H groups in total. The fourth-order valence-corrected chi connectivity index (χ4v) is 4.60. The first kappa shape index (κ1) is 13.2. The molecule has 1 aliphatic carbocycles. The zero-order chi connectivity index (χ0) is 14.2. The van der Waals surface area contributed by atoms with Crippen molar-refractivity contribution >= 4 is 38.7 Å². The van der Waals surface area contributed by atoms with E-state index in [-0.39, 0.29) is 0 Å². The minimum absolute atomic E-state index is 0.738. The Morgan fingerprint density at radius 1 is 1.29 bits per heavy atom. The summed E-state index contributed by atoms with van der Waals surface area (Å²) in [6, 6.07) is 0. The second kappa shape index (κ2) is 5.35. The van der Waals surface area contributed by atoms with Crippen LogP contribution in [0.1, 0.15) is 30.2 Å². The number of thiophene rings is 1. The summed E-state index contributed by atoms with van der Waals surface area (Å²) in [5, 5.41) is 6.74. The molecule has 0 saturated carbocycles. The van der Waals surface area contributed by atoms with Crippen molar-refractivity contribution in [3.63, 3.8) is 0 Å². The highest BCUT2D eigenvalue weighted by Gasteiger charge is 2.22. The summed E-state index contributed by atoms with van der Waals surface area (Å²) in [7, 11) is 0. The number of hydrogen-bond donors (Lipinski definition) is 1. The zero-order valence-corrected chi connectivity index (χ0v) is 13.5. The Labute approximate surface area is 131 Å². The van der Waals surface area contributed by atoms with Crippen LogP contribution in [-0.2, 0) is 12.8 Å². The zero-order valence-electron chi connectivity index (χ0n) is 11.8. The summed E-state index contributed by atoms with van der Waals surface area (Å²) in [4.78, 5) is 16.5. The quantitative estimate of drug-likeness (QED) is 0.786. The Morgan fingerprint density at radius 3 is 3.05 bits per heavy atom. The van der Waals surface area contributed by atoms with Gasteiger partial charge in [-0.05, 0) is 31.2 Å². The van der Waals surface area contributed by atoms with Gasteiger partial charge in [0.05, 0.1) is 10.9 Å². The van der Waals surface area contributed by atoms with E-state index in [0.717, 1.165) is 41.6 Å². The first-order chi connectivity index (χ1) is 10.4. The van der Waals surface area contributed by atoms with Crippen molar-refractivity contribution in [2.45, 2.75) is 32.6 Å². The molecule has 0 saturated heterocycles. The van der Waals surface area contributed by atoms with Gasteiger partial charge in [0.2, 0.25) is 0 Å². The molecule has 3 heterocycles. The van der Waals surface area contributed by atoms with E-state index >= 15 is 0 Å². The van der Waals surface area contributed by atoms with Crippen molar-refractivity contribution < 1.29 is 0 Å². The molecule has 0 spiro atoms. The number of thiazole rings is 1. The van der Waals surface area contributed by atoms with Crippen LogP contribution < -0.4 is 5.32 Å². The number of nitrogens with zero attached hydrogens (tertiary/aromatic N) is 3. The normalized spacial score (nSPS) is 13.8. The minimum Gasteiger partial charge on any atom is -0.369 e.